The largest absolute Gasteiger partial charge is 0.497 e. The van der Waals surface area contributed by atoms with Gasteiger partial charge >= 0.3 is 0 Å². The Morgan fingerprint density at radius 1 is 0.969 bits per heavy atom. The van der Waals surface area contributed by atoms with E-state index in [1.807, 2.05) is 57.2 Å². The van der Waals surface area contributed by atoms with E-state index in [0.29, 0.717) is 50.0 Å². The van der Waals surface area contributed by atoms with E-state index in [4.69, 9.17) is 18.9 Å². The molecule has 3 rings (SSSR count). The molecular weight excluding hydrogens is 410 g/mol. The highest BCUT2D eigenvalue weighted by molar-refractivity contribution is 5.82. The van der Waals surface area contributed by atoms with Crippen molar-refractivity contribution in [2.45, 2.75) is 45.8 Å². The third kappa shape index (κ3) is 5.83. The molecule has 2 aromatic carbocycles. The van der Waals surface area contributed by atoms with Crippen LogP contribution in [0.4, 0.5) is 0 Å². The summed E-state index contributed by atoms with van der Waals surface area (Å²) in [5.41, 5.74) is 8.28. The summed E-state index contributed by atoms with van der Waals surface area (Å²) in [6.07, 6.45) is 0.649. The van der Waals surface area contributed by atoms with Gasteiger partial charge in [-0.1, -0.05) is 12.1 Å². The maximum Gasteiger partial charge on any atom is 0.238 e. The van der Waals surface area contributed by atoms with Crippen LogP contribution in [-0.2, 0) is 11.3 Å². The molecule has 32 heavy (non-hydrogen) atoms. The molecule has 1 heterocycles. The van der Waals surface area contributed by atoms with Crippen LogP contribution in [0.15, 0.2) is 36.4 Å². The fraction of sp³-hybridized carbons (Fsp3) is 0.458. The molecule has 1 saturated heterocycles. The van der Waals surface area contributed by atoms with Crippen LogP contribution < -0.4 is 35.1 Å². The zero-order valence-corrected chi connectivity index (χ0v) is 19.2. The van der Waals surface area contributed by atoms with Crippen molar-refractivity contribution in [1.82, 2.24) is 16.2 Å². The van der Waals surface area contributed by atoms with Crippen molar-refractivity contribution in [3.63, 3.8) is 0 Å². The molecule has 0 bridgehead atoms. The van der Waals surface area contributed by atoms with Gasteiger partial charge < -0.3 is 24.3 Å². The number of carbonyl (C=O) groups excluding carboxylic acids is 1. The molecule has 1 amide bonds. The van der Waals surface area contributed by atoms with E-state index >= 15 is 0 Å². The molecule has 0 radical (unpaired) electrons. The molecule has 2 atom stereocenters. The molecule has 2 unspecified atom stereocenters. The second-order valence-corrected chi connectivity index (χ2v) is 7.34. The fourth-order valence-corrected chi connectivity index (χ4v) is 3.64. The summed E-state index contributed by atoms with van der Waals surface area (Å²) < 4.78 is 22.5. The van der Waals surface area contributed by atoms with Crippen molar-refractivity contribution in [2.75, 3.05) is 26.9 Å². The van der Waals surface area contributed by atoms with Crippen LogP contribution in [0.25, 0.3) is 0 Å². The SMILES string of the molecule is CCOc1cc(CNC(=O)C2CC(c3ccc(OC)cc3)NN2)cc(OCC)c1OCC. The van der Waals surface area contributed by atoms with Gasteiger partial charge in [0.05, 0.1) is 26.9 Å². The fourth-order valence-electron chi connectivity index (χ4n) is 3.64. The van der Waals surface area contributed by atoms with Gasteiger partial charge in [0.1, 0.15) is 11.8 Å². The number of methoxy groups -OCH3 is 1. The molecule has 2 aromatic rings. The molecule has 1 fully saturated rings. The number of hydrazine groups is 1. The summed E-state index contributed by atoms with van der Waals surface area (Å²) in [6, 6.07) is 11.3. The predicted octanol–water partition coefficient (Wildman–Crippen LogP) is 3.12. The quantitative estimate of drug-likeness (QED) is 0.492. The summed E-state index contributed by atoms with van der Waals surface area (Å²) in [6.45, 7) is 7.63. The molecule has 174 valence electrons. The average molecular weight is 444 g/mol. The number of carbonyl (C=O) groups is 1. The van der Waals surface area contributed by atoms with Crippen LogP contribution in [0.2, 0.25) is 0 Å². The van der Waals surface area contributed by atoms with Crippen LogP contribution in [0.3, 0.4) is 0 Å². The van der Waals surface area contributed by atoms with Crippen LogP contribution in [0.5, 0.6) is 23.0 Å². The first kappa shape index (κ1) is 23.7. The first-order valence-corrected chi connectivity index (χ1v) is 11.1. The van der Waals surface area contributed by atoms with Gasteiger partial charge in [-0.05, 0) is 62.6 Å². The Labute approximate surface area is 189 Å². The molecule has 1 aliphatic rings. The van der Waals surface area contributed by atoms with Crippen molar-refractivity contribution < 1.29 is 23.7 Å². The molecule has 0 aromatic heterocycles. The van der Waals surface area contributed by atoms with Crippen molar-refractivity contribution in [3.8, 4) is 23.0 Å². The Hall–Kier alpha value is -2.97. The monoisotopic (exact) mass is 443 g/mol. The topological polar surface area (TPSA) is 90.1 Å². The Balaban J connectivity index is 1.63. The number of ether oxygens (including phenoxy) is 4. The van der Waals surface area contributed by atoms with E-state index in [1.54, 1.807) is 7.11 Å². The highest BCUT2D eigenvalue weighted by Crippen LogP contribution is 2.39. The van der Waals surface area contributed by atoms with Crippen molar-refractivity contribution >= 4 is 5.91 Å². The number of hydrogen-bond acceptors (Lipinski definition) is 7. The molecule has 0 saturated carbocycles. The van der Waals surface area contributed by atoms with Gasteiger partial charge in [-0.25, -0.2) is 10.9 Å². The molecule has 1 aliphatic heterocycles. The van der Waals surface area contributed by atoms with Gasteiger partial charge in [0, 0.05) is 12.6 Å². The summed E-state index contributed by atoms with van der Waals surface area (Å²) >= 11 is 0. The van der Waals surface area contributed by atoms with Crippen molar-refractivity contribution in [2.24, 2.45) is 0 Å². The van der Waals surface area contributed by atoms with Gasteiger partial charge in [-0.15, -0.1) is 0 Å². The van der Waals surface area contributed by atoms with E-state index in [-0.39, 0.29) is 18.0 Å². The lowest BCUT2D eigenvalue weighted by atomic mass is 10.0. The smallest absolute Gasteiger partial charge is 0.238 e. The lowest BCUT2D eigenvalue weighted by Crippen LogP contribution is -2.42. The van der Waals surface area contributed by atoms with E-state index in [0.717, 1.165) is 16.9 Å². The minimum Gasteiger partial charge on any atom is -0.497 e. The lowest BCUT2D eigenvalue weighted by molar-refractivity contribution is -0.123. The van der Waals surface area contributed by atoms with Crippen LogP contribution in [0.1, 0.15) is 44.4 Å². The number of amides is 1. The standard InChI is InChI=1S/C24H33N3O5/c1-5-30-21-12-16(13-22(31-6-2)23(21)32-7-3)15-25-24(28)20-14-19(26-27-20)17-8-10-18(29-4)11-9-17/h8-13,19-20,26-27H,5-7,14-15H2,1-4H3,(H,25,28). The predicted molar refractivity (Wildman–Crippen MR) is 122 cm³/mol. The van der Waals surface area contributed by atoms with E-state index in [2.05, 4.69) is 16.2 Å². The number of rotatable bonds is 11. The number of hydrogen-bond donors (Lipinski definition) is 3. The van der Waals surface area contributed by atoms with E-state index in [9.17, 15) is 4.79 Å². The van der Waals surface area contributed by atoms with Crippen LogP contribution in [0, 0.1) is 0 Å². The maximum atomic E-state index is 12.8. The Kier molecular flexibility index (Phi) is 8.58. The van der Waals surface area contributed by atoms with Crippen molar-refractivity contribution in [1.29, 1.82) is 0 Å². The van der Waals surface area contributed by atoms with E-state index in [1.165, 1.54) is 0 Å². The second kappa shape index (κ2) is 11.6. The van der Waals surface area contributed by atoms with E-state index < -0.39 is 0 Å². The third-order valence-corrected chi connectivity index (χ3v) is 5.17. The molecule has 8 heteroatoms. The summed E-state index contributed by atoms with van der Waals surface area (Å²) in [5, 5.41) is 3.01. The summed E-state index contributed by atoms with van der Waals surface area (Å²) in [5.74, 6) is 2.56. The minimum atomic E-state index is -0.331. The summed E-state index contributed by atoms with van der Waals surface area (Å²) in [7, 11) is 1.64. The van der Waals surface area contributed by atoms with Gasteiger partial charge in [-0.3, -0.25) is 4.79 Å². The number of benzene rings is 2. The average Bonchev–Trinajstić information content (AvgIpc) is 3.30. The molecule has 8 nitrogen and oxygen atoms in total. The Morgan fingerprint density at radius 2 is 1.59 bits per heavy atom. The van der Waals surface area contributed by atoms with Gasteiger partial charge in [0.2, 0.25) is 11.7 Å². The highest BCUT2D eigenvalue weighted by Gasteiger charge is 2.30. The first-order chi connectivity index (χ1) is 15.6. The zero-order chi connectivity index (χ0) is 22.9. The minimum absolute atomic E-state index is 0.0521. The maximum absolute atomic E-state index is 12.8. The first-order valence-electron chi connectivity index (χ1n) is 11.1. The normalized spacial score (nSPS) is 17.6. The number of nitrogens with one attached hydrogen (secondary N) is 3. The second-order valence-electron chi connectivity index (χ2n) is 7.34. The van der Waals surface area contributed by atoms with Gasteiger partial charge in [-0.2, -0.15) is 0 Å². The highest BCUT2D eigenvalue weighted by atomic mass is 16.5. The van der Waals surface area contributed by atoms with Gasteiger partial charge in [0.15, 0.2) is 11.5 Å². The Morgan fingerprint density at radius 3 is 2.16 bits per heavy atom. The third-order valence-electron chi connectivity index (χ3n) is 5.17. The molecular formula is C24H33N3O5. The molecule has 0 spiro atoms. The molecule has 0 aliphatic carbocycles. The lowest BCUT2D eigenvalue weighted by Gasteiger charge is -2.18. The molecule has 3 N–H and O–H groups in total. The van der Waals surface area contributed by atoms with Crippen LogP contribution >= 0.6 is 0 Å². The van der Waals surface area contributed by atoms with Crippen LogP contribution in [-0.4, -0.2) is 38.9 Å². The Bertz CT molecular complexity index is 861. The van der Waals surface area contributed by atoms with Gasteiger partial charge in [0.25, 0.3) is 0 Å². The van der Waals surface area contributed by atoms with Crippen molar-refractivity contribution in [3.05, 3.63) is 47.5 Å². The summed E-state index contributed by atoms with van der Waals surface area (Å²) in [4.78, 5) is 12.8. The zero-order valence-electron chi connectivity index (χ0n) is 19.2.